The quantitative estimate of drug-likeness (QED) is 0.574. The Morgan fingerprint density at radius 1 is 1.31 bits per heavy atom. The average molecular weight is 439 g/mol. The summed E-state index contributed by atoms with van der Waals surface area (Å²) in [4.78, 5) is 28.7. The highest BCUT2D eigenvalue weighted by Crippen LogP contribution is 2.82. The van der Waals surface area contributed by atoms with Gasteiger partial charge in [-0.25, -0.2) is 0 Å². The normalized spacial score (nSPS) is 46.0. The molecule has 3 saturated heterocycles. The Morgan fingerprint density at radius 2 is 2.06 bits per heavy atom. The zero-order chi connectivity index (χ0) is 22.7. The van der Waals surface area contributed by atoms with Crippen LogP contribution in [-0.2, 0) is 29.2 Å². The molecule has 4 bridgehead atoms. The number of carbonyl (C=O) groups excluding carboxylic acids is 2. The molecule has 5 aliphatic rings. The fourth-order valence-electron chi connectivity index (χ4n) is 8.55. The number of anilines is 1. The highest BCUT2D eigenvalue weighted by Gasteiger charge is 2.92. The van der Waals surface area contributed by atoms with Gasteiger partial charge in [-0.3, -0.25) is 14.5 Å². The molecular weight excluding hydrogens is 408 g/mol. The van der Waals surface area contributed by atoms with Crippen LogP contribution in [0.5, 0.6) is 0 Å². The summed E-state index contributed by atoms with van der Waals surface area (Å²) in [6.07, 6.45) is 3.31. The van der Waals surface area contributed by atoms with Crippen molar-refractivity contribution in [1.29, 1.82) is 0 Å². The Kier molecular flexibility index (Phi) is 3.64. The highest BCUT2D eigenvalue weighted by molar-refractivity contribution is 5.87. The fourth-order valence-corrected chi connectivity index (χ4v) is 8.55. The molecule has 4 aliphatic heterocycles. The molecule has 170 valence electrons. The van der Waals surface area contributed by atoms with Crippen molar-refractivity contribution in [1.82, 2.24) is 4.90 Å². The molecule has 1 saturated carbocycles. The summed E-state index contributed by atoms with van der Waals surface area (Å²) < 4.78 is 18.2. The molecule has 6 rings (SSSR count). The van der Waals surface area contributed by atoms with Crippen LogP contribution in [0, 0.1) is 10.8 Å². The van der Waals surface area contributed by atoms with Crippen LogP contribution < -0.4 is 5.32 Å². The minimum Gasteiger partial charge on any atom is -0.468 e. The second-order valence-corrected chi connectivity index (χ2v) is 10.4. The minimum atomic E-state index is -1.15. The summed E-state index contributed by atoms with van der Waals surface area (Å²) in [6.45, 7) is 8.51. The number of nitrogens with zero attached hydrogens (tertiary/aromatic N) is 1. The summed E-state index contributed by atoms with van der Waals surface area (Å²) >= 11 is 0. The van der Waals surface area contributed by atoms with Crippen molar-refractivity contribution in [3.8, 4) is 0 Å². The third kappa shape index (κ3) is 1.69. The lowest BCUT2D eigenvalue weighted by Gasteiger charge is -2.72. The lowest BCUT2D eigenvalue weighted by molar-refractivity contribution is -0.231. The van der Waals surface area contributed by atoms with Crippen molar-refractivity contribution in [2.45, 2.75) is 63.4 Å². The molecule has 32 heavy (non-hydrogen) atoms. The van der Waals surface area contributed by atoms with Gasteiger partial charge < -0.3 is 19.5 Å². The van der Waals surface area contributed by atoms with E-state index in [0.717, 1.165) is 11.3 Å². The number of rotatable bonds is 3. The maximum Gasteiger partial charge on any atom is 0.317 e. The van der Waals surface area contributed by atoms with E-state index in [4.69, 9.17) is 14.2 Å². The van der Waals surface area contributed by atoms with Gasteiger partial charge in [0.05, 0.1) is 18.1 Å². The molecule has 0 unspecified atom stereocenters. The Hall–Kier alpha value is -2.38. The minimum absolute atomic E-state index is 0.0488. The lowest BCUT2D eigenvalue weighted by atomic mass is 9.34. The van der Waals surface area contributed by atoms with Crippen molar-refractivity contribution in [3.63, 3.8) is 0 Å². The molecule has 7 nitrogen and oxygen atoms in total. The molecule has 7 heteroatoms. The van der Waals surface area contributed by atoms with Gasteiger partial charge in [-0.05, 0) is 31.9 Å². The Morgan fingerprint density at radius 3 is 2.75 bits per heavy atom. The van der Waals surface area contributed by atoms with E-state index < -0.39 is 27.9 Å². The van der Waals surface area contributed by atoms with Crippen LogP contribution in [0.2, 0.25) is 0 Å². The Labute approximate surface area is 188 Å². The molecule has 6 atom stereocenters. The second kappa shape index (κ2) is 5.75. The van der Waals surface area contributed by atoms with Crippen molar-refractivity contribution >= 4 is 17.6 Å². The molecule has 0 amide bonds. The molecule has 1 aliphatic carbocycles. The van der Waals surface area contributed by atoms with E-state index in [9.17, 15) is 9.59 Å². The van der Waals surface area contributed by atoms with Crippen LogP contribution in [0.15, 0.2) is 35.9 Å². The number of fused-ring (bicyclic) bond motifs is 4. The lowest BCUT2D eigenvalue weighted by Crippen LogP contribution is -2.85. The smallest absolute Gasteiger partial charge is 0.317 e. The zero-order valence-corrected chi connectivity index (χ0v) is 19.3. The van der Waals surface area contributed by atoms with Gasteiger partial charge in [0.2, 0.25) is 0 Å². The topological polar surface area (TPSA) is 77.1 Å². The van der Waals surface area contributed by atoms with E-state index in [2.05, 4.69) is 42.3 Å². The second-order valence-electron chi connectivity index (χ2n) is 10.4. The van der Waals surface area contributed by atoms with Crippen molar-refractivity contribution < 1.29 is 23.8 Å². The first kappa shape index (κ1) is 20.2. The largest absolute Gasteiger partial charge is 0.468 e. The number of piperidine rings is 2. The van der Waals surface area contributed by atoms with Gasteiger partial charge >= 0.3 is 11.9 Å². The van der Waals surface area contributed by atoms with E-state index >= 15 is 0 Å². The molecule has 1 aromatic carbocycles. The van der Waals surface area contributed by atoms with Crippen molar-refractivity contribution in [2.75, 3.05) is 25.6 Å². The monoisotopic (exact) mass is 438 g/mol. The number of ether oxygens (including phenoxy) is 3. The number of carbonyl (C=O) groups is 2. The molecular formula is C25H30N2O5. The number of esters is 2. The predicted molar refractivity (Wildman–Crippen MR) is 117 cm³/mol. The summed E-state index contributed by atoms with van der Waals surface area (Å²) in [6, 6.07) is 8.16. The van der Waals surface area contributed by atoms with E-state index in [1.54, 1.807) is 0 Å². The first-order valence-electron chi connectivity index (χ1n) is 11.4. The van der Waals surface area contributed by atoms with E-state index in [0.29, 0.717) is 19.4 Å². The van der Waals surface area contributed by atoms with Gasteiger partial charge in [0, 0.05) is 31.0 Å². The zero-order valence-electron chi connectivity index (χ0n) is 19.3. The predicted octanol–water partition coefficient (Wildman–Crippen LogP) is 2.96. The Bertz CT molecular complexity index is 1100. The van der Waals surface area contributed by atoms with Gasteiger partial charge in [0.25, 0.3) is 0 Å². The van der Waals surface area contributed by atoms with Crippen LogP contribution >= 0.6 is 0 Å². The van der Waals surface area contributed by atoms with Gasteiger partial charge in [-0.15, -0.1) is 0 Å². The molecule has 0 aromatic heterocycles. The highest BCUT2D eigenvalue weighted by atomic mass is 16.6. The van der Waals surface area contributed by atoms with Crippen LogP contribution in [-0.4, -0.2) is 54.6 Å². The molecule has 1 N–H and O–H groups in total. The number of nitrogens with one attached hydrogen (secondary N) is 1. The summed E-state index contributed by atoms with van der Waals surface area (Å²) in [7, 11) is 1.44. The molecule has 1 aromatic rings. The summed E-state index contributed by atoms with van der Waals surface area (Å²) in [5, 5.41) is 3.76. The first-order valence-corrected chi connectivity index (χ1v) is 11.4. The third-order valence-electron chi connectivity index (χ3n) is 9.62. The number of hydrogen-bond donors (Lipinski definition) is 1. The average Bonchev–Trinajstić information content (AvgIpc) is 3.32. The number of allylic oxidation sites excluding steroid dienone is 1. The van der Waals surface area contributed by atoms with Gasteiger partial charge in [-0.2, -0.15) is 0 Å². The maximum atomic E-state index is 14.1. The molecule has 4 fully saturated rings. The van der Waals surface area contributed by atoms with E-state index in [1.807, 2.05) is 19.1 Å². The standard InChI is InChI=1S/C25H30N2O5/c1-6-16-12-27-19-11-23-17-9-7-8-10-18(17)26-25(23,32-19)22(27,4)13-21(16,3)24(23,20(29)30-5)14-31-15(2)28/h6-10,19,26H,11-14H2,1-5H3/t19-,21-,22-,23-,24-,25-/m0/s1. The molecule has 0 radical (unpaired) electrons. The third-order valence-corrected chi connectivity index (χ3v) is 9.62. The SMILES string of the molecule is CC=C1CN2[C@@H]3C[C@@]45c6ccccc6N[C@]4(O3)[C@]2(C)C[C@]1(C)[C@]5(COC(C)=O)C(=O)OC. The van der Waals surface area contributed by atoms with Gasteiger partial charge in [0.15, 0.2) is 5.72 Å². The molecule has 1 spiro atoms. The Balaban J connectivity index is 1.76. The first-order chi connectivity index (χ1) is 15.2. The van der Waals surface area contributed by atoms with Gasteiger partial charge in [-0.1, -0.05) is 36.8 Å². The summed E-state index contributed by atoms with van der Waals surface area (Å²) in [5.74, 6) is -0.747. The number of methoxy groups -OCH3 is 1. The van der Waals surface area contributed by atoms with Crippen LogP contribution in [0.25, 0.3) is 0 Å². The van der Waals surface area contributed by atoms with Crippen LogP contribution in [0.1, 0.15) is 46.1 Å². The molecule has 4 heterocycles. The van der Waals surface area contributed by atoms with E-state index in [1.165, 1.54) is 19.6 Å². The number of para-hydroxylation sites is 1. The number of benzene rings is 1. The maximum absolute atomic E-state index is 14.1. The fraction of sp³-hybridized carbons (Fsp3) is 0.600. The van der Waals surface area contributed by atoms with Crippen molar-refractivity contribution in [2.24, 2.45) is 10.8 Å². The van der Waals surface area contributed by atoms with Crippen molar-refractivity contribution in [3.05, 3.63) is 41.5 Å². The van der Waals surface area contributed by atoms with Crippen LogP contribution in [0.3, 0.4) is 0 Å². The summed E-state index contributed by atoms with van der Waals surface area (Å²) in [5.41, 5.74) is -0.459. The van der Waals surface area contributed by atoms with E-state index in [-0.39, 0.29) is 24.3 Å². The van der Waals surface area contributed by atoms with Gasteiger partial charge in [0.1, 0.15) is 18.2 Å². The number of hydrogen-bond acceptors (Lipinski definition) is 7. The van der Waals surface area contributed by atoms with Crippen LogP contribution in [0.4, 0.5) is 5.69 Å².